The fraction of sp³-hybridized carbons (Fsp3) is 0.174. The summed E-state index contributed by atoms with van der Waals surface area (Å²) in [5.74, 6) is 0.327. The Hall–Kier alpha value is -3.74. The Bertz CT molecular complexity index is 1170. The fourth-order valence-electron chi connectivity index (χ4n) is 3.09. The second-order valence-corrected chi connectivity index (χ2v) is 7.12. The predicted molar refractivity (Wildman–Crippen MR) is 114 cm³/mol. The summed E-state index contributed by atoms with van der Waals surface area (Å²) in [6.07, 6.45) is 0. The molecule has 0 saturated carbocycles. The summed E-state index contributed by atoms with van der Waals surface area (Å²) in [6, 6.07) is 18.5. The summed E-state index contributed by atoms with van der Waals surface area (Å²) in [5, 5.41) is 21.6. The maximum atomic E-state index is 12.6. The van der Waals surface area contributed by atoms with Crippen molar-refractivity contribution in [3.05, 3.63) is 81.5 Å². The SMILES string of the molecule is Cc1c(C#N)c(NC(=O)COc2ccc(C#N)cc2Cl)n(Cc2ccccc2)c1C. The zero-order valence-corrected chi connectivity index (χ0v) is 17.3. The number of benzene rings is 2. The third kappa shape index (κ3) is 4.46. The van der Waals surface area contributed by atoms with E-state index < -0.39 is 5.91 Å². The summed E-state index contributed by atoms with van der Waals surface area (Å²) >= 11 is 6.08. The number of halogens is 1. The first-order chi connectivity index (χ1) is 14.4. The fourth-order valence-corrected chi connectivity index (χ4v) is 3.33. The third-order valence-corrected chi connectivity index (χ3v) is 5.10. The number of nitrogens with zero attached hydrogens (tertiary/aromatic N) is 3. The van der Waals surface area contributed by atoms with Crippen molar-refractivity contribution in [3.63, 3.8) is 0 Å². The summed E-state index contributed by atoms with van der Waals surface area (Å²) in [6.45, 7) is 4.01. The molecule has 3 aromatic rings. The van der Waals surface area contributed by atoms with Gasteiger partial charge in [0.15, 0.2) is 6.61 Å². The molecule has 150 valence electrons. The van der Waals surface area contributed by atoms with Gasteiger partial charge in [-0.3, -0.25) is 4.79 Å². The lowest BCUT2D eigenvalue weighted by atomic mass is 10.2. The van der Waals surface area contributed by atoms with Gasteiger partial charge in [-0.15, -0.1) is 0 Å². The van der Waals surface area contributed by atoms with E-state index in [0.29, 0.717) is 29.2 Å². The molecule has 2 aromatic carbocycles. The van der Waals surface area contributed by atoms with Crippen LogP contribution in [0.25, 0.3) is 0 Å². The van der Waals surface area contributed by atoms with Crippen molar-refractivity contribution < 1.29 is 9.53 Å². The quantitative estimate of drug-likeness (QED) is 0.634. The highest BCUT2D eigenvalue weighted by molar-refractivity contribution is 6.32. The first-order valence-corrected chi connectivity index (χ1v) is 9.58. The van der Waals surface area contributed by atoms with Gasteiger partial charge < -0.3 is 14.6 Å². The topological polar surface area (TPSA) is 90.8 Å². The number of rotatable bonds is 6. The van der Waals surface area contributed by atoms with Crippen LogP contribution in [-0.2, 0) is 11.3 Å². The van der Waals surface area contributed by atoms with Gasteiger partial charge >= 0.3 is 0 Å². The number of nitriles is 2. The van der Waals surface area contributed by atoms with Crippen LogP contribution in [0.2, 0.25) is 5.02 Å². The molecule has 1 N–H and O–H groups in total. The number of amides is 1. The van der Waals surface area contributed by atoms with E-state index in [2.05, 4.69) is 11.4 Å². The molecule has 0 aliphatic carbocycles. The highest BCUT2D eigenvalue weighted by Gasteiger charge is 2.20. The summed E-state index contributed by atoms with van der Waals surface area (Å²) in [5.41, 5.74) is 3.60. The van der Waals surface area contributed by atoms with Gasteiger partial charge in [-0.1, -0.05) is 41.9 Å². The second kappa shape index (κ2) is 9.17. The van der Waals surface area contributed by atoms with E-state index in [4.69, 9.17) is 21.6 Å². The Labute approximate surface area is 179 Å². The Morgan fingerprint density at radius 2 is 1.87 bits per heavy atom. The molecule has 0 atom stereocenters. The van der Waals surface area contributed by atoms with Crippen LogP contribution in [0.4, 0.5) is 5.82 Å². The van der Waals surface area contributed by atoms with Gasteiger partial charge in [-0.2, -0.15) is 10.5 Å². The lowest BCUT2D eigenvalue weighted by molar-refractivity contribution is -0.118. The molecule has 0 fully saturated rings. The molecular weight excluding hydrogens is 400 g/mol. The first kappa shape index (κ1) is 21.0. The molecule has 0 aliphatic rings. The maximum Gasteiger partial charge on any atom is 0.263 e. The van der Waals surface area contributed by atoms with Crippen LogP contribution in [0.15, 0.2) is 48.5 Å². The van der Waals surface area contributed by atoms with Gasteiger partial charge in [0.1, 0.15) is 17.6 Å². The van der Waals surface area contributed by atoms with Gasteiger partial charge in [0.25, 0.3) is 5.91 Å². The number of carbonyl (C=O) groups excluding carboxylic acids is 1. The van der Waals surface area contributed by atoms with E-state index in [1.807, 2.05) is 54.8 Å². The average molecular weight is 419 g/mol. The largest absolute Gasteiger partial charge is 0.482 e. The summed E-state index contributed by atoms with van der Waals surface area (Å²) in [7, 11) is 0. The summed E-state index contributed by atoms with van der Waals surface area (Å²) < 4.78 is 7.41. The Morgan fingerprint density at radius 1 is 1.13 bits per heavy atom. The van der Waals surface area contributed by atoms with Crippen LogP contribution in [0, 0.1) is 36.5 Å². The summed E-state index contributed by atoms with van der Waals surface area (Å²) in [4.78, 5) is 12.6. The van der Waals surface area contributed by atoms with Crippen molar-refractivity contribution in [1.29, 1.82) is 10.5 Å². The third-order valence-electron chi connectivity index (χ3n) is 4.80. The van der Waals surface area contributed by atoms with E-state index in [1.165, 1.54) is 6.07 Å². The van der Waals surface area contributed by atoms with E-state index >= 15 is 0 Å². The van der Waals surface area contributed by atoms with Gasteiger partial charge in [-0.05, 0) is 43.2 Å². The molecule has 7 heteroatoms. The van der Waals surface area contributed by atoms with Gasteiger partial charge in [-0.25, -0.2) is 0 Å². The second-order valence-electron chi connectivity index (χ2n) is 6.71. The van der Waals surface area contributed by atoms with Crippen LogP contribution in [0.1, 0.15) is 27.9 Å². The zero-order chi connectivity index (χ0) is 21.7. The number of ether oxygens (including phenoxy) is 1. The van der Waals surface area contributed by atoms with Gasteiger partial charge in [0.05, 0.1) is 22.2 Å². The van der Waals surface area contributed by atoms with Crippen LogP contribution < -0.4 is 10.1 Å². The Balaban J connectivity index is 1.80. The van der Waals surface area contributed by atoms with Crippen molar-refractivity contribution in [1.82, 2.24) is 4.57 Å². The van der Waals surface area contributed by atoms with Crippen LogP contribution in [-0.4, -0.2) is 17.1 Å². The van der Waals surface area contributed by atoms with Crippen LogP contribution >= 0.6 is 11.6 Å². The molecule has 3 rings (SSSR count). The van der Waals surface area contributed by atoms with Crippen molar-refractivity contribution in [3.8, 4) is 17.9 Å². The van der Waals surface area contributed by atoms with Crippen molar-refractivity contribution in [2.75, 3.05) is 11.9 Å². The molecular formula is C23H19ClN4O2. The standard InChI is InChI=1S/C23H19ClN4O2/c1-15-16(2)28(13-17-6-4-3-5-7-17)23(19(15)12-26)27-22(29)14-30-21-9-8-18(11-25)10-20(21)24/h3-10H,13-14H2,1-2H3,(H,27,29). The monoisotopic (exact) mass is 418 g/mol. The first-order valence-electron chi connectivity index (χ1n) is 9.20. The van der Waals surface area contributed by atoms with E-state index in [9.17, 15) is 10.1 Å². The molecule has 1 amide bonds. The lowest BCUT2D eigenvalue weighted by Crippen LogP contribution is -2.23. The number of nitrogens with one attached hydrogen (secondary N) is 1. The molecule has 1 heterocycles. The highest BCUT2D eigenvalue weighted by atomic mass is 35.5. The molecule has 0 saturated heterocycles. The number of carbonyl (C=O) groups is 1. The number of hydrogen-bond donors (Lipinski definition) is 1. The molecule has 6 nitrogen and oxygen atoms in total. The minimum Gasteiger partial charge on any atom is -0.482 e. The minimum absolute atomic E-state index is 0.249. The maximum absolute atomic E-state index is 12.6. The molecule has 0 spiro atoms. The highest BCUT2D eigenvalue weighted by Crippen LogP contribution is 2.28. The molecule has 0 radical (unpaired) electrons. The minimum atomic E-state index is -0.418. The molecule has 0 aliphatic heterocycles. The van der Waals surface area contributed by atoms with Gasteiger partial charge in [0.2, 0.25) is 0 Å². The number of anilines is 1. The van der Waals surface area contributed by atoms with Crippen molar-refractivity contribution in [2.45, 2.75) is 20.4 Å². The van der Waals surface area contributed by atoms with Crippen LogP contribution in [0.3, 0.4) is 0 Å². The predicted octanol–water partition coefficient (Wildman–Crippen LogP) is 4.57. The zero-order valence-electron chi connectivity index (χ0n) is 16.6. The van der Waals surface area contributed by atoms with Crippen LogP contribution in [0.5, 0.6) is 5.75 Å². The lowest BCUT2D eigenvalue weighted by Gasteiger charge is -2.14. The molecule has 1 aromatic heterocycles. The Morgan fingerprint density at radius 3 is 2.50 bits per heavy atom. The number of aromatic nitrogens is 1. The molecule has 0 bridgehead atoms. The van der Waals surface area contributed by atoms with Gasteiger partial charge in [0, 0.05) is 12.2 Å². The van der Waals surface area contributed by atoms with E-state index in [-0.39, 0.29) is 11.6 Å². The average Bonchev–Trinajstić information content (AvgIpc) is 2.97. The Kier molecular flexibility index (Phi) is 6.41. The number of hydrogen-bond acceptors (Lipinski definition) is 4. The van der Waals surface area contributed by atoms with E-state index in [1.54, 1.807) is 12.1 Å². The van der Waals surface area contributed by atoms with Crippen molar-refractivity contribution in [2.24, 2.45) is 0 Å². The smallest absolute Gasteiger partial charge is 0.263 e. The van der Waals surface area contributed by atoms with Crippen molar-refractivity contribution >= 4 is 23.3 Å². The van der Waals surface area contributed by atoms with E-state index in [0.717, 1.165) is 16.8 Å². The molecule has 30 heavy (non-hydrogen) atoms. The molecule has 0 unspecified atom stereocenters. The normalized spacial score (nSPS) is 10.2.